The van der Waals surface area contributed by atoms with Crippen molar-refractivity contribution in [3.05, 3.63) is 108 Å². The lowest BCUT2D eigenvalue weighted by Gasteiger charge is -2.25. The molecular formula is C24H17N6-. The first-order chi connectivity index (χ1) is 14.9. The minimum absolute atomic E-state index is 0.601. The van der Waals surface area contributed by atoms with Crippen LogP contribution in [0.2, 0.25) is 0 Å². The van der Waals surface area contributed by atoms with Crippen molar-refractivity contribution >= 4 is 11.4 Å². The van der Waals surface area contributed by atoms with Gasteiger partial charge in [-0.2, -0.15) is 0 Å². The van der Waals surface area contributed by atoms with Gasteiger partial charge in [-0.15, -0.1) is 0 Å². The lowest BCUT2D eigenvalue weighted by molar-refractivity contribution is 1.17. The predicted molar refractivity (Wildman–Crippen MR) is 118 cm³/mol. The Labute approximate surface area is 174 Å². The molecule has 3 aromatic heterocycles. The highest BCUT2D eigenvalue weighted by molar-refractivity contribution is 6.10. The Kier molecular flexibility index (Phi) is 4.79. The van der Waals surface area contributed by atoms with Gasteiger partial charge in [0.2, 0.25) is 0 Å². The fraction of sp³-hybridized carbons (Fsp3) is 0.0417. The molecule has 0 saturated heterocycles. The molecule has 0 atom stereocenters. The van der Waals surface area contributed by atoms with Gasteiger partial charge in [0.25, 0.3) is 0 Å². The number of aliphatic imine (C=N–C) groups is 1. The van der Waals surface area contributed by atoms with Crippen molar-refractivity contribution in [2.24, 2.45) is 4.99 Å². The van der Waals surface area contributed by atoms with Gasteiger partial charge in [0.1, 0.15) is 0 Å². The molecule has 0 spiro atoms. The van der Waals surface area contributed by atoms with Crippen molar-refractivity contribution in [2.45, 2.75) is 0 Å². The Bertz CT molecular complexity index is 1200. The van der Waals surface area contributed by atoms with Crippen LogP contribution in [-0.2, 0) is 0 Å². The van der Waals surface area contributed by atoms with E-state index in [1.54, 1.807) is 24.8 Å². The molecule has 0 aliphatic carbocycles. The highest BCUT2D eigenvalue weighted by atomic mass is 15.0. The number of hydrogen-bond acceptors (Lipinski definition) is 5. The maximum atomic E-state index is 4.61. The normalized spacial score (nSPS) is 13.2. The second kappa shape index (κ2) is 8.05. The monoisotopic (exact) mass is 389 g/mol. The Morgan fingerprint density at radius 2 is 1.20 bits per heavy atom. The average Bonchev–Trinajstić information content (AvgIpc) is 2.85. The fourth-order valence-electron chi connectivity index (χ4n) is 3.22. The minimum Gasteiger partial charge on any atom is -0.460 e. The second-order valence-corrected chi connectivity index (χ2v) is 6.77. The van der Waals surface area contributed by atoms with Crippen LogP contribution in [-0.4, -0.2) is 32.3 Å². The highest BCUT2D eigenvalue weighted by Crippen LogP contribution is 2.26. The van der Waals surface area contributed by atoms with Crippen LogP contribution in [0.1, 0.15) is 11.1 Å². The quantitative estimate of drug-likeness (QED) is 0.503. The van der Waals surface area contributed by atoms with E-state index >= 15 is 0 Å². The van der Waals surface area contributed by atoms with E-state index in [9.17, 15) is 0 Å². The van der Waals surface area contributed by atoms with Crippen molar-refractivity contribution in [3.8, 4) is 22.5 Å². The van der Waals surface area contributed by atoms with Crippen LogP contribution in [0.25, 0.3) is 33.4 Å². The van der Waals surface area contributed by atoms with Gasteiger partial charge in [-0.1, -0.05) is 36.3 Å². The lowest BCUT2D eigenvalue weighted by Crippen LogP contribution is -2.06. The van der Waals surface area contributed by atoms with E-state index in [0.717, 1.165) is 39.2 Å². The topological polar surface area (TPSA) is 78.0 Å². The smallest absolute Gasteiger partial charge is 0.159 e. The van der Waals surface area contributed by atoms with E-state index in [4.69, 9.17) is 0 Å². The predicted octanol–water partition coefficient (Wildman–Crippen LogP) is 4.78. The Morgan fingerprint density at radius 1 is 0.600 bits per heavy atom. The molecule has 0 radical (unpaired) electrons. The van der Waals surface area contributed by atoms with Crippen molar-refractivity contribution in [3.63, 3.8) is 0 Å². The first-order valence-corrected chi connectivity index (χ1v) is 9.55. The minimum atomic E-state index is 0.601. The maximum absolute atomic E-state index is 4.61. The lowest BCUT2D eigenvalue weighted by atomic mass is 10.0. The first-order valence-electron chi connectivity index (χ1n) is 9.55. The second-order valence-electron chi connectivity index (χ2n) is 6.77. The first kappa shape index (κ1) is 17.9. The van der Waals surface area contributed by atoms with E-state index < -0.39 is 0 Å². The Balaban J connectivity index is 1.34. The standard InChI is InChI=1S/C24H17N6/c1-2-18(22-15-29-24(30-16-22)20-7-11-26-12-8-20)4-3-17(1)21-13-27-23(28-14-21)19-5-9-25-10-6-19/h1-15H,16H2/q-1. The molecule has 1 aliphatic rings. The highest BCUT2D eigenvalue weighted by Gasteiger charge is 2.06. The molecule has 0 fully saturated rings. The summed E-state index contributed by atoms with van der Waals surface area (Å²) in [5, 5.41) is 4.61. The summed E-state index contributed by atoms with van der Waals surface area (Å²) in [6.45, 7) is 0.601. The molecule has 144 valence electrons. The van der Waals surface area contributed by atoms with Gasteiger partial charge in [0.15, 0.2) is 5.82 Å². The molecule has 5 rings (SSSR count). The number of hydrogen-bond donors (Lipinski definition) is 0. The van der Waals surface area contributed by atoms with E-state index in [2.05, 4.69) is 54.5 Å². The third-order valence-corrected chi connectivity index (χ3v) is 4.86. The van der Waals surface area contributed by atoms with Crippen LogP contribution in [0.4, 0.5) is 0 Å². The van der Waals surface area contributed by atoms with E-state index in [0.29, 0.717) is 12.4 Å². The zero-order chi connectivity index (χ0) is 20.2. The summed E-state index contributed by atoms with van der Waals surface area (Å²) in [4.78, 5) is 21.5. The van der Waals surface area contributed by atoms with Crippen LogP contribution >= 0.6 is 0 Å². The fourth-order valence-corrected chi connectivity index (χ4v) is 3.22. The van der Waals surface area contributed by atoms with Crippen LogP contribution in [0.5, 0.6) is 0 Å². The van der Waals surface area contributed by atoms with Gasteiger partial charge in [0.05, 0.1) is 0 Å². The molecule has 4 aromatic rings. The number of amidine groups is 1. The molecule has 6 heteroatoms. The molecule has 1 aliphatic heterocycles. The summed E-state index contributed by atoms with van der Waals surface area (Å²) in [5.41, 5.74) is 6.16. The van der Waals surface area contributed by atoms with E-state index in [1.807, 2.05) is 42.9 Å². The van der Waals surface area contributed by atoms with Crippen LogP contribution < -0.4 is 0 Å². The third kappa shape index (κ3) is 3.71. The van der Waals surface area contributed by atoms with Gasteiger partial charge < -0.3 is 10.3 Å². The Morgan fingerprint density at radius 3 is 1.80 bits per heavy atom. The van der Waals surface area contributed by atoms with Crippen LogP contribution in [0.15, 0.2) is 96.9 Å². The molecular weight excluding hydrogens is 372 g/mol. The number of rotatable bonds is 4. The number of aromatic nitrogens is 4. The van der Waals surface area contributed by atoms with Gasteiger partial charge in [-0.3, -0.25) is 9.97 Å². The summed E-state index contributed by atoms with van der Waals surface area (Å²) < 4.78 is 0. The van der Waals surface area contributed by atoms with Gasteiger partial charge in [0, 0.05) is 48.3 Å². The van der Waals surface area contributed by atoms with E-state index in [-0.39, 0.29) is 0 Å². The maximum Gasteiger partial charge on any atom is 0.159 e. The van der Waals surface area contributed by atoms with Crippen molar-refractivity contribution < 1.29 is 0 Å². The van der Waals surface area contributed by atoms with Crippen LogP contribution in [0, 0.1) is 0 Å². The summed E-state index contributed by atoms with van der Waals surface area (Å²) in [6, 6.07) is 15.9. The molecule has 30 heavy (non-hydrogen) atoms. The van der Waals surface area contributed by atoms with Crippen LogP contribution in [0.3, 0.4) is 0 Å². The summed E-state index contributed by atoms with van der Waals surface area (Å²) in [5.74, 6) is 1.43. The zero-order valence-corrected chi connectivity index (χ0v) is 16.1. The number of nitrogens with zero attached hydrogens (tertiary/aromatic N) is 6. The zero-order valence-electron chi connectivity index (χ0n) is 16.1. The summed E-state index contributed by atoms with van der Waals surface area (Å²) in [7, 11) is 0. The molecule has 0 bridgehead atoms. The van der Waals surface area contributed by atoms with Gasteiger partial charge >= 0.3 is 0 Å². The molecule has 0 amide bonds. The molecule has 1 aromatic carbocycles. The number of pyridine rings is 2. The third-order valence-electron chi connectivity index (χ3n) is 4.86. The molecule has 6 nitrogen and oxygen atoms in total. The molecule has 0 unspecified atom stereocenters. The van der Waals surface area contributed by atoms with E-state index in [1.165, 1.54) is 0 Å². The largest absolute Gasteiger partial charge is 0.460 e. The Hall–Kier alpha value is -4.19. The van der Waals surface area contributed by atoms with Crippen molar-refractivity contribution in [2.75, 3.05) is 6.54 Å². The van der Waals surface area contributed by atoms with Gasteiger partial charge in [-0.25, -0.2) is 9.97 Å². The van der Waals surface area contributed by atoms with Crippen molar-refractivity contribution in [1.29, 1.82) is 0 Å². The summed E-state index contributed by atoms with van der Waals surface area (Å²) >= 11 is 0. The van der Waals surface area contributed by atoms with Gasteiger partial charge in [-0.05, 0) is 53.1 Å². The average molecular weight is 389 g/mol. The molecule has 0 saturated carbocycles. The SMILES string of the molecule is C1=C(c2ccc(-c3cnc(-c4ccncc4)nc3)cc2)C[N-]C(c2ccncc2)=N1. The summed E-state index contributed by atoms with van der Waals surface area (Å²) in [6.07, 6.45) is 12.6. The number of benzene rings is 1. The molecule has 0 N–H and O–H groups in total. The molecule has 4 heterocycles. The van der Waals surface area contributed by atoms with Crippen molar-refractivity contribution in [1.82, 2.24) is 19.9 Å².